The normalized spacial score (nSPS) is 10.7. The van der Waals surface area contributed by atoms with E-state index in [0.29, 0.717) is 17.9 Å². The lowest BCUT2D eigenvalue weighted by Crippen LogP contribution is -2.25. The fourth-order valence-corrected chi connectivity index (χ4v) is 2.03. The molecule has 0 saturated carbocycles. The molecule has 0 saturated heterocycles. The Balaban J connectivity index is 1.55. The minimum atomic E-state index is -0.259. The number of rotatable bonds is 5. The first-order valence-electron chi connectivity index (χ1n) is 6.61. The highest BCUT2D eigenvalue weighted by Gasteiger charge is 2.11. The molecule has 1 amide bonds. The van der Waals surface area contributed by atoms with Crippen LogP contribution in [0.2, 0.25) is 0 Å². The molecule has 0 spiro atoms. The molecule has 1 aromatic heterocycles. The van der Waals surface area contributed by atoms with Crippen LogP contribution in [0.3, 0.4) is 0 Å². The average molecular weight is 282 g/mol. The van der Waals surface area contributed by atoms with E-state index in [1.807, 2.05) is 54.6 Å². The first-order valence-corrected chi connectivity index (χ1v) is 6.61. The molecule has 21 heavy (non-hydrogen) atoms. The molecule has 0 atom stereocenters. The Morgan fingerprint density at radius 1 is 1.10 bits per heavy atom. The number of nitrogens with one attached hydrogen (secondary N) is 1. The van der Waals surface area contributed by atoms with Gasteiger partial charge in [-0.25, -0.2) is 5.48 Å². The summed E-state index contributed by atoms with van der Waals surface area (Å²) < 4.78 is 5.15. The minimum Gasteiger partial charge on any atom is -0.356 e. The number of aromatic nitrogens is 1. The van der Waals surface area contributed by atoms with Crippen LogP contribution in [0.5, 0.6) is 0 Å². The van der Waals surface area contributed by atoms with Crippen molar-refractivity contribution in [1.29, 1.82) is 0 Å². The Kier molecular flexibility index (Phi) is 3.93. The lowest BCUT2D eigenvalue weighted by atomic mass is 10.2. The highest BCUT2D eigenvalue weighted by Crippen LogP contribution is 2.17. The molecule has 5 heteroatoms. The van der Waals surface area contributed by atoms with Crippen molar-refractivity contribution in [3.05, 3.63) is 65.9 Å². The van der Waals surface area contributed by atoms with Crippen LogP contribution in [0.1, 0.15) is 11.3 Å². The van der Waals surface area contributed by atoms with Gasteiger partial charge in [0.05, 0.1) is 13.0 Å². The van der Waals surface area contributed by atoms with Crippen molar-refractivity contribution >= 4 is 16.9 Å². The van der Waals surface area contributed by atoms with Crippen molar-refractivity contribution in [2.24, 2.45) is 0 Å². The van der Waals surface area contributed by atoms with Crippen molar-refractivity contribution in [3.8, 4) is 0 Å². The maximum absolute atomic E-state index is 11.8. The van der Waals surface area contributed by atoms with Gasteiger partial charge in [0.2, 0.25) is 5.91 Å². The highest BCUT2D eigenvalue weighted by atomic mass is 16.6. The smallest absolute Gasteiger partial charge is 0.249 e. The molecule has 0 aliphatic rings. The zero-order chi connectivity index (χ0) is 14.5. The van der Waals surface area contributed by atoms with Gasteiger partial charge in [0.1, 0.15) is 5.69 Å². The lowest BCUT2D eigenvalue weighted by molar-refractivity contribution is -0.133. The number of carbonyl (C=O) groups excluding carboxylic acids is 1. The van der Waals surface area contributed by atoms with Crippen LogP contribution in [0.15, 0.2) is 59.1 Å². The Labute approximate surface area is 121 Å². The molecule has 2 aromatic carbocycles. The van der Waals surface area contributed by atoms with Crippen molar-refractivity contribution in [2.45, 2.75) is 13.0 Å². The van der Waals surface area contributed by atoms with Crippen LogP contribution < -0.4 is 5.48 Å². The number of benzene rings is 2. The third kappa shape index (κ3) is 3.27. The van der Waals surface area contributed by atoms with Crippen LogP contribution in [-0.4, -0.2) is 11.1 Å². The summed E-state index contributed by atoms with van der Waals surface area (Å²) in [5, 5.41) is 4.75. The number of hydrogen-bond acceptors (Lipinski definition) is 4. The number of amides is 1. The van der Waals surface area contributed by atoms with Crippen molar-refractivity contribution in [2.75, 3.05) is 0 Å². The molecular weight excluding hydrogens is 268 g/mol. The molecule has 0 aliphatic heterocycles. The Hall–Kier alpha value is -2.66. The van der Waals surface area contributed by atoms with Crippen molar-refractivity contribution in [1.82, 2.24) is 10.6 Å². The van der Waals surface area contributed by atoms with E-state index in [-0.39, 0.29) is 12.3 Å². The summed E-state index contributed by atoms with van der Waals surface area (Å²) in [6.45, 7) is 0.326. The fraction of sp³-hybridized carbons (Fsp3) is 0.125. The summed E-state index contributed by atoms with van der Waals surface area (Å²) in [7, 11) is 0. The summed E-state index contributed by atoms with van der Waals surface area (Å²) >= 11 is 0. The van der Waals surface area contributed by atoms with Crippen LogP contribution in [0.4, 0.5) is 0 Å². The molecule has 0 radical (unpaired) electrons. The van der Waals surface area contributed by atoms with Gasteiger partial charge in [0.25, 0.3) is 0 Å². The molecule has 3 rings (SSSR count). The Morgan fingerprint density at radius 2 is 1.86 bits per heavy atom. The molecule has 1 N–H and O–H groups in total. The number of hydroxylamine groups is 1. The largest absolute Gasteiger partial charge is 0.356 e. The van der Waals surface area contributed by atoms with Gasteiger partial charge in [0, 0.05) is 5.39 Å². The molecule has 0 fully saturated rings. The Morgan fingerprint density at radius 3 is 2.71 bits per heavy atom. The first kappa shape index (κ1) is 13.3. The maximum Gasteiger partial charge on any atom is 0.249 e. The second kappa shape index (κ2) is 6.19. The van der Waals surface area contributed by atoms with Crippen LogP contribution >= 0.6 is 0 Å². The third-order valence-electron chi connectivity index (χ3n) is 3.05. The second-order valence-corrected chi connectivity index (χ2v) is 4.60. The molecule has 5 nitrogen and oxygen atoms in total. The van der Waals surface area contributed by atoms with E-state index in [0.717, 1.165) is 10.9 Å². The van der Waals surface area contributed by atoms with Crippen LogP contribution in [0, 0.1) is 0 Å². The number of carbonyl (C=O) groups is 1. The summed E-state index contributed by atoms with van der Waals surface area (Å²) in [5.41, 5.74) is 4.68. The topological polar surface area (TPSA) is 64.4 Å². The van der Waals surface area contributed by atoms with E-state index in [1.54, 1.807) is 0 Å². The number of para-hydroxylation sites is 1. The standard InChI is InChI=1S/C16H14N2O3/c19-16(18-20-11-12-6-2-1-3-7-12)10-14-13-8-4-5-9-15(13)21-17-14/h1-9H,10-11H2,(H,18,19). The monoisotopic (exact) mass is 282 g/mol. The highest BCUT2D eigenvalue weighted by molar-refractivity contribution is 5.85. The quantitative estimate of drug-likeness (QED) is 0.731. The molecule has 3 aromatic rings. The minimum absolute atomic E-state index is 0.117. The first-order chi connectivity index (χ1) is 10.3. The van der Waals surface area contributed by atoms with E-state index in [2.05, 4.69) is 10.6 Å². The van der Waals surface area contributed by atoms with Gasteiger partial charge >= 0.3 is 0 Å². The predicted octanol–water partition coefficient (Wildman–Crippen LogP) is 2.62. The summed E-state index contributed by atoms with van der Waals surface area (Å²) in [6, 6.07) is 17.1. The van der Waals surface area contributed by atoms with E-state index in [9.17, 15) is 4.79 Å². The van der Waals surface area contributed by atoms with Gasteiger partial charge in [-0.15, -0.1) is 0 Å². The van der Waals surface area contributed by atoms with Gasteiger partial charge in [-0.3, -0.25) is 9.63 Å². The number of hydrogen-bond donors (Lipinski definition) is 1. The average Bonchev–Trinajstić information content (AvgIpc) is 2.92. The molecule has 0 bridgehead atoms. The van der Waals surface area contributed by atoms with Gasteiger partial charge < -0.3 is 4.52 Å². The van der Waals surface area contributed by atoms with E-state index in [4.69, 9.17) is 9.36 Å². The van der Waals surface area contributed by atoms with Crippen molar-refractivity contribution in [3.63, 3.8) is 0 Å². The summed E-state index contributed by atoms with van der Waals surface area (Å²) in [4.78, 5) is 17.0. The molecule has 106 valence electrons. The van der Waals surface area contributed by atoms with Crippen molar-refractivity contribution < 1.29 is 14.2 Å². The lowest BCUT2D eigenvalue weighted by Gasteiger charge is -2.04. The molecular formula is C16H14N2O3. The van der Waals surface area contributed by atoms with Gasteiger partial charge in [-0.1, -0.05) is 47.6 Å². The molecule has 0 unspecified atom stereocenters. The maximum atomic E-state index is 11.8. The summed E-state index contributed by atoms with van der Waals surface area (Å²) in [5.74, 6) is -0.259. The fourth-order valence-electron chi connectivity index (χ4n) is 2.03. The van der Waals surface area contributed by atoms with E-state index < -0.39 is 0 Å². The Bertz CT molecular complexity index is 737. The SMILES string of the molecule is O=C(Cc1noc2ccccc12)NOCc1ccccc1. The number of nitrogens with zero attached hydrogens (tertiary/aromatic N) is 1. The van der Waals surface area contributed by atoms with Gasteiger partial charge in [-0.2, -0.15) is 0 Å². The van der Waals surface area contributed by atoms with Crippen LogP contribution in [0.25, 0.3) is 11.0 Å². The predicted molar refractivity (Wildman–Crippen MR) is 77.1 cm³/mol. The molecule has 1 heterocycles. The third-order valence-corrected chi connectivity index (χ3v) is 3.05. The zero-order valence-electron chi connectivity index (χ0n) is 11.3. The van der Waals surface area contributed by atoms with Crippen LogP contribution in [-0.2, 0) is 22.7 Å². The second-order valence-electron chi connectivity index (χ2n) is 4.60. The molecule has 0 aliphatic carbocycles. The zero-order valence-corrected chi connectivity index (χ0v) is 11.3. The van der Waals surface area contributed by atoms with E-state index >= 15 is 0 Å². The number of fused-ring (bicyclic) bond motifs is 1. The summed E-state index contributed by atoms with van der Waals surface area (Å²) in [6.07, 6.45) is 0.117. The van der Waals surface area contributed by atoms with Gasteiger partial charge in [-0.05, 0) is 17.7 Å². The van der Waals surface area contributed by atoms with Gasteiger partial charge in [0.15, 0.2) is 5.58 Å². The van der Waals surface area contributed by atoms with E-state index in [1.165, 1.54) is 0 Å².